The third kappa shape index (κ3) is 4.83. The monoisotopic (exact) mass is 443 g/mol. The van der Waals surface area contributed by atoms with E-state index in [4.69, 9.17) is 4.74 Å². The van der Waals surface area contributed by atoms with E-state index in [1.54, 1.807) is 35.0 Å². The van der Waals surface area contributed by atoms with Crippen LogP contribution in [-0.2, 0) is 20.9 Å². The van der Waals surface area contributed by atoms with Crippen LogP contribution in [0.1, 0.15) is 12.0 Å². The second kappa shape index (κ2) is 8.79. The van der Waals surface area contributed by atoms with Crippen molar-refractivity contribution in [3.05, 3.63) is 68.9 Å². The van der Waals surface area contributed by atoms with Gasteiger partial charge in [-0.2, -0.15) is 5.10 Å². The first-order valence-electron chi connectivity index (χ1n) is 8.60. The highest BCUT2D eigenvalue weighted by Crippen LogP contribution is 2.19. The molecule has 0 atom stereocenters. The van der Waals surface area contributed by atoms with Crippen LogP contribution in [0.2, 0.25) is 0 Å². The Morgan fingerprint density at radius 2 is 2.00 bits per heavy atom. The molecule has 1 aromatic heterocycles. The molecule has 1 amide bonds. The van der Waals surface area contributed by atoms with Crippen molar-refractivity contribution in [3.8, 4) is 0 Å². The summed E-state index contributed by atoms with van der Waals surface area (Å²) in [4.78, 5) is 35.8. The van der Waals surface area contributed by atoms with E-state index in [1.807, 2.05) is 19.1 Å². The number of hydrogen-bond donors (Lipinski definition) is 1. The summed E-state index contributed by atoms with van der Waals surface area (Å²) in [5.41, 5.74) is 2.03. The first-order chi connectivity index (χ1) is 13.4. The zero-order chi connectivity index (χ0) is 20.1. The zero-order valence-electron chi connectivity index (χ0n) is 15.1. The van der Waals surface area contributed by atoms with E-state index in [1.165, 1.54) is 6.20 Å². The summed E-state index contributed by atoms with van der Waals surface area (Å²) in [7, 11) is 0. The van der Waals surface area contributed by atoms with Crippen molar-refractivity contribution >= 4 is 44.4 Å². The second-order valence-corrected chi connectivity index (χ2v) is 7.08. The molecule has 3 rings (SSSR count). The molecule has 0 aliphatic heterocycles. The van der Waals surface area contributed by atoms with E-state index in [9.17, 15) is 14.4 Å². The van der Waals surface area contributed by atoms with Crippen molar-refractivity contribution < 1.29 is 14.3 Å². The van der Waals surface area contributed by atoms with Crippen LogP contribution < -0.4 is 10.7 Å². The summed E-state index contributed by atoms with van der Waals surface area (Å²) < 4.78 is 7.52. The van der Waals surface area contributed by atoms with Crippen molar-refractivity contribution in [1.29, 1.82) is 0 Å². The van der Waals surface area contributed by atoms with Crippen LogP contribution >= 0.6 is 15.9 Å². The van der Waals surface area contributed by atoms with Gasteiger partial charge in [0.05, 0.1) is 24.7 Å². The van der Waals surface area contributed by atoms with Gasteiger partial charge in [-0.3, -0.25) is 19.1 Å². The molecule has 0 unspecified atom stereocenters. The zero-order valence-corrected chi connectivity index (χ0v) is 16.7. The van der Waals surface area contributed by atoms with Crippen LogP contribution in [-0.4, -0.2) is 28.3 Å². The largest absolute Gasteiger partial charge is 0.456 e. The van der Waals surface area contributed by atoms with Crippen molar-refractivity contribution in [3.63, 3.8) is 0 Å². The standard InChI is InChI=1S/C20H18BrN3O4/c1-13-10-14(21)6-7-16(13)23-19(26)12-28-20(27)8-9-24-17-5-3-2-4-15(17)18(25)11-22-24/h2-7,10-11H,8-9,12H2,1H3,(H,23,26). The average molecular weight is 444 g/mol. The molecule has 7 nitrogen and oxygen atoms in total. The van der Waals surface area contributed by atoms with E-state index in [0.717, 1.165) is 10.0 Å². The van der Waals surface area contributed by atoms with E-state index < -0.39 is 11.9 Å². The number of carbonyl (C=O) groups is 2. The molecule has 0 bridgehead atoms. The molecule has 28 heavy (non-hydrogen) atoms. The Bertz CT molecular complexity index is 1090. The molecular weight excluding hydrogens is 426 g/mol. The minimum atomic E-state index is -0.521. The van der Waals surface area contributed by atoms with E-state index >= 15 is 0 Å². The molecule has 0 saturated carbocycles. The number of anilines is 1. The number of aromatic nitrogens is 2. The highest BCUT2D eigenvalue weighted by molar-refractivity contribution is 9.10. The average Bonchev–Trinajstić information content (AvgIpc) is 2.68. The number of halogens is 1. The maximum atomic E-state index is 12.0. The van der Waals surface area contributed by atoms with Gasteiger partial charge in [-0.1, -0.05) is 28.1 Å². The molecule has 0 saturated heterocycles. The molecule has 0 fully saturated rings. The van der Waals surface area contributed by atoms with Gasteiger partial charge in [-0.25, -0.2) is 0 Å². The summed E-state index contributed by atoms with van der Waals surface area (Å²) in [6, 6.07) is 12.5. The maximum absolute atomic E-state index is 12.0. The number of rotatable bonds is 6. The Morgan fingerprint density at radius 1 is 1.21 bits per heavy atom. The van der Waals surface area contributed by atoms with Gasteiger partial charge in [0, 0.05) is 15.5 Å². The summed E-state index contributed by atoms with van der Waals surface area (Å²) in [5, 5.41) is 7.30. The van der Waals surface area contributed by atoms with Crippen LogP contribution in [0.5, 0.6) is 0 Å². The van der Waals surface area contributed by atoms with Crippen molar-refractivity contribution in [2.45, 2.75) is 19.9 Å². The normalized spacial score (nSPS) is 10.6. The van der Waals surface area contributed by atoms with Gasteiger partial charge >= 0.3 is 5.97 Å². The topological polar surface area (TPSA) is 90.3 Å². The lowest BCUT2D eigenvalue weighted by Gasteiger charge is -2.10. The fourth-order valence-corrected chi connectivity index (χ4v) is 3.18. The molecule has 1 heterocycles. The van der Waals surface area contributed by atoms with Gasteiger partial charge in [-0.15, -0.1) is 0 Å². The number of hydrogen-bond acceptors (Lipinski definition) is 5. The van der Waals surface area contributed by atoms with Crippen LogP contribution in [0.3, 0.4) is 0 Å². The van der Waals surface area contributed by atoms with Crippen molar-refractivity contribution in [2.24, 2.45) is 0 Å². The van der Waals surface area contributed by atoms with Crippen LogP contribution in [0.4, 0.5) is 5.69 Å². The molecule has 2 aromatic carbocycles. The Morgan fingerprint density at radius 3 is 2.79 bits per heavy atom. The summed E-state index contributed by atoms with van der Waals surface area (Å²) in [6.07, 6.45) is 1.26. The highest BCUT2D eigenvalue weighted by Gasteiger charge is 2.11. The number of fused-ring (bicyclic) bond motifs is 1. The number of aryl methyl sites for hydroxylation is 2. The fourth-order valence-electron chi connectivity index (χ4n) is 2.71. The molecule has 8 heteroatoms. The molecule has 0 aliphatic rings. The lowest BCUT2D eigenvalue weighted by molar-refractivity contribution is -0.147. The molecule has 0 spiro atoms. The van der Waals surface area contributed by atoms with Gasteiger partial charge in [0.15, 0.2) is 6.61 Å². The Hall–Kier alpha value is -3.00. The van der Waals surface area contributed by atoms with Gasteiger partial charge in [0.2, 0.25) is 5.43 Å². The van der Waals surface area contributed by atoms with Gasteiger partial charge in [0.1, 0.15) is 0 Å². The van der Waals surface area contributed by atoms with E-state index in [2.05, 4.69) is 26.3 Å². The first kappa shape index (κ1) is 19.8. The third-order valence-electron chi connectivity index (χ3n) is 4.12. The van der Waals surface area contributed by atoms with Crippen molar-refractivity contribution in [2.75, 3.05) is 11.9 Å². The number of ether oxygens (including phenoxy) is 1. The quantitative estimate of drug-likeness (QED) is 0.591. The Kier molecular flexibility index (Phi) is 6.20. The number of para-hydroxylation sites is 1. The summed E-state index contributed by atoms with van der Waals surface area (Å²) in [6.45, 7) is 1.74. The predicted octanol–water partition coefficient (Wildman–Crippen LogP) is 3.04. The van der Waals surface area contributed by atoms with Gasteiger partial charge < -0.3 is 10.1 Å². The molecular formula is C20H18BrN3O4. The number of carbonyl (C=O) groups excluding carboxylic acids is 2. The molecule has 0 radical (unpaired) electrons. The van der Waals surface area contributed by atoms with Crippen LogP contribution in [0.15, 0.2) is 57.9 Å². The Balaban J connectivity index is 1.53. The smallest absolute Gasteiger partial charge is 0.308 e. The second-order valence-electron chi connectivity index (χ2n) is 6.17. The number of nitrogens with one attached hydrogen (secondary N) is 1. The van der Waals surface area contributed by atoms with E-state index in [0.29, 0.717) is 16.6 Å². The van der Waals surface area contributed by atoms with Gasteiger partial charge in [-0.05, 0) is 42.8 Å². The lowest BCUT2D eigenvalue weighted by atomic mass is 10.2. The van der Waals surface area contributed by atoms with Gasteiger partial charge in [0.25, 0.3) is 5.91 Å². The molecule has 3 aromatic rings. The van der Waals surface area contributed by atoms with E-state index in [-0.39, 0.29) is 25.0 Å². The molecule has 1 N–H and O–H groups in total. The minimum Gasteiger partial charge on any atom is -0.456 e. The van der Waals surface area contributed by atoms with Crippen LogP contribution in [0.25, 0.3) is 10.9 Å². The minimum absolute atomic E-state index is 0.0322. The first-order valence-corrected chi connectivity index (χ1v) is 9.40. The SMILES string of the molecule is Cc1cc(Br)ccc1NC(=O)COC(=O)CCn1ncc(=O)c2ccccc21. The fraction of sp³-hybridized carbons (Fsp3) is 0.200. The molecule has 144 valence electrons. The number of benzene rings is 2. The predicted molar refractivity (Wildman–Crippen MR) is 109 cm³/mol. The number of nitrogens with zero attached hydrogens (tertiary/aromatic N) is 2. The highest BCUT2D eigenvalue weighted by atomic mass is 79.9. The number of esters is 1. The summed E-state index contributed by atoms with van der Waals surface area (Å²) >= 11 is 3.36. The van der Waals surface area contributed by atoms with Crippen LogP contribution in [0, 0.1) is 6.92 Å². The van der Waals surface area contributed by atoms with Crippen molar-refractivity contribution in [1.82, 2.24) is 9.78 Å². The third-order valence-corrected chi connectivity index (χ3v) is 4.61. The maximum Gasteiger partial charge on any atom is 0.308 e. The summed E-state index contributed by atoms with van der Waals surface area (Å²) in [5.74, 6) is -0.932. The Labute approximate surface area is 169 Å². The lowest BCUT2D eigenvalue weighted by Crippen LogP contribution is -2.22. The number of amides is 1. The molecule has 0 aliphatic carbocycles.